The monoisotopic (exact) mass is 499 g/mol. The molecule has 0 unspecified atom stereocenters. The first kappa shape index (κ1) is 26.3. The van der Waals surface area contributed by atoms with Crippen molar-refractivity contribution in [2.24, 2.45) is 5.92 Å². The molecule has 0 spiro atoms. The van der Waals surface area contributed by atoms with E-state index in [9.17, 15) is 19.2 Å². The van der Waals surface area contributed by atoms with Crippen molar-refractivity contribution >= 4 is 23.7 Å². The molecule has 9 heteroatoms. The lowest BCUT2D eigenvalue weighted by Gasteiger charge is -2.48. The van der Waals surface area contributed by atoms with Crippen molar-refractivity contribution in [3.8, 4) is 0 Å². The van der Waals surface area contributed by atoms with Gasteiger partial charge in [0.05, 0.1) is 29.9 Å². The van der Waals surface area contributed by atoms with Crippen LogP contribution in [0.2, 0.25) is 0 Å². The third kappa shape index (κ3) is 5.78. The average Bonchev–Trinajstić information content (AvgIpc) is 3.14. The fourth-order valence-electron chi connectivity index (χ4n) is 5.39. The predicted molar refractivity (Wildman–Crippen MR) is 133 cm³/mol. The third-order valence-corrected chi connectivity index (χ3v) is 7.55. The maximum atomic E-state index is 12.7. The Kier molecular flexibility index (Phi) is 8.41. The second-order valence-corrected chi connectivity index (χ2v) is 10.4. The number of ether oxygens (including phenoxy) is 2. The summed E-state index contributed by atoms with van der Waals surface area (Å²) in [6, 6.07) is 4.34. The minimum absolute atomic E-state index is 0.0734. The van der Waals surface area contributed by atoms with Gasteiger partial charge in [-0.2, -0.15) is 0 Å². The van der Waals surface area contributed by atoms with Crippen LogP contribution in [0.1, 0.15) is 83.4 Å². The number of carbonyl (C=O) groups excluding carboxylic acids is 4. The Hall–Kier alpha value is -2.78. The van der Waals surface area contributed by atoms with Gasteiger partial charge in [0.15, 0.2) is 6.61 Å². The van der Waals surface area contributed by atoms with E-state index >= 15 is 0 Å². The lowest BCUT2D eigenvalue weighted by atomic mass is 9.79. The van der Waals surface area contributed by atoms with Crippen LogP contribution >= 0.6 is 0 Å². The highest BCUT2D eigenvalue weighted by atomic mass is 16.5. The molecule has 1 aromatic rings. The number of rotatable bonds is 9. The Morgan fingerprint density at radius 2 is 1.75 bits per heavy atom. The zero-order valence-corrected chi connectivity index (χ0v) is 21.3. The molecule has 0 bridgehead atoms. The van der Waals surface area contributed by atoms with Crippen LogP contribution in [-0.4, -0.2) is 85.0 Å². The van der Waals surface area contributed by atoms with Crippen LogP contribution < -0.4 is 5.32 Å². The van der Waals surface area contributed by atoms with Crippen LogP contribution in [0.15, 0.2) is 18.2 Å². The number of hydrogen-bond acceptors (Lipinski definition) is 7. The standard InChI is InChI=1S/C27H37N3O6/c1-19(2)8-11-30-24(32)21-7-6-20(16-22(21)25(30)33)26(34)36-17-23(31)28-18-27(9-4-3-5-10-27)29-12-14-35-15-13-29/h6-7,16,19H,3-5,8-15,17-18H2,1-2H3,(H,28,31). The summed E-state index contributed by atoms with van der Waals surface area (Å²) in [5, 5.41) is 2.98. The minimum Gasteiger partial charge on any atom is -0.452 e. The van der Waals surface area contributed by atoms with E-state index in [2.05, 4.69) is 10.2 Å². The minimum atomic E-state index is -0.700. The number of morpholine rings is 1. The van der Waals surface area contributed by atoms with E-state index in [1.807, 2.05) is 13.8 Å². The van der Waals surface area contributed by atoms with Crippen molar-refractivity contribution in [2.75, 3.05) is 46.0 Å². The predicted octanol–water partition coefficient (Wildman–Crippen LogP) is 2.64. The average molecular weight is 500 g/mol. The second-order valence-electron chi connectivity index (χ2n) is 10.4. The van der Waals surface area contributed by atoms with Gasteiger partial charge in [-0.3, -0.25) is 24.2 Å². The molecule has 1 saturated carbocycles. The molecule has 3 amide bonds. The van der Waals surface area contributed by atoms with Crippen LogP contribution in [0.5, 0.6) is 0 Å². The normalized spacial score (nSPS) is 19.9. The molecule has 1 aromatic carbocycles. The summed E-state index contributed by atoms with van der Waals surface area (Å²) in [7, 11) is 0. The molecular weight excluding hydrogens is 462 g/mol. The van der Waals surface area contributed by atoms with Gasteiger partial charge in [-0.05, 0) is 43.4 Å². The molecule has 0 radical (unpaired) electrons. The quantitative estimate of drug-likeness (QED) is 0.411. The lowest BCUT2D eigenvalue weighted by molar-refractivity contribution is -0.125. The maximum absolute atomic E-state index is 12.7. The smallest absolute Gasteiger partial charge is 0.338 e. The van der Waals surface area contributed by atoms with E-state index in [-0.39, 0.29) is 28.5 Å². The summed E-state index contributed by atoms with van der Waals surface area (Å²) in [4.78, 5) is 54.2. The van der Waals surface area contributed by atoms with E-state index in [1.165, 1.54) is 29.5 Å². The number of benzene rings is 1. The van der Waals surface area contributed by atoms with Crippen LogP contribution in [0.4, 0.5) is 0 Å². The number of amides is 3. The van der Waals surface area contributed by atoms with Gasteiger partial charge in [0.25, 0.3) is 17.7 Å². The first-order valence-electron chi connectivity index (χ1n) is 13.1. The topological polar surface area (TPSA) is 105 Å². The van der Waals surface area contributed by atoms with Crippen molar-refractivity contribution in [1.82, 2.24) is 15.1 Å². The molecule has 1 saturated heterocycles. The molecular formula is C27H37N3O6. The van der Waals surface area contributed by atoms with Crippen molar-refractivity contribution in [3.05, 3.63) is 34.9 Å². The molecule has 4 rings (SSSR count). The van der Waals surface area contributed by atoms with Gasteiger partial charge in [0.2, 0.25) is 0 Å². The van der Waals surface area contributed by atoms with Crippen molar-refractivity contribution < 1.29 is 28.7 Å². The number of esters is 1. The van der Waals surface area contributed by atoms with Crippen molar-refractivity contribution in [2.45, 2.75) is 57.9 Å². The first-order valence-corrected chi connectivity index (χ1v) is 13.1. The number of fused-ring (bicyclic) bond motifs is 1. The Morgan fingerprint density at radius 3 is 2.44 bits per heavy atom. The number of nitrogens with one attached hydrogen (secondary N) is 1. The molecule has 2 aliphatic heterocycles. The summed E-state index contributed by atoms with van der Waals surface area (Å²) in [6.45, 7) is 7.65. The van der Waals surface area contributed by atoms with Crippen molar-refractivity contribution in [3.63, 3.8) is 0 Å². The summed E-state index contributed by atoms with van der Waals surface area (Å²) in [5.74, 6) is -1.44. The Labute approximate surface area is 212 Å². The fourth-order valence-corrected chi connectivity index (χ4v) is 5.39. The summed E-state index contributed by atoms with van der Waals surface area (Å²) in [5.41, 5.74) is 0.563. The molecule has 1 aliphatic carbocycles. The summed E-state index contributed by atoms with van der Waals surface area (Å²) >= 11 is 0. The van der Waals surface area contributed by atoms with Gasteiger partial charge >= 0.3 is 5.97 Å². The molecule has 196 valence electrons. The second kappa shape index (κ2) is 11.5. The van der Waals surface area contributed by atoms with Crippen molar-refractivity contribution in [1.29, 1.82) is 0 Å². The van der Waals surface area contributed by atoms with Gasteiger partial charge in [-0.25, -0.2) is 4.79 Å². The molecule has 36 heavy (non-hydrogen) atoms. The largest absolute Gasteiger partial charge is 0.452 e. The molecule has 3 aliphatic rings. The van der Waals surface area contributed by atoms with Crippen LogP contribution in [0.3, 0.4) is 0 Å². The highest BCUT2D eigenvalue weighted by molar-refractivity contribution is 6.22. The zero-order chi connectivity index (χ0) is 25.7. The van der Waals surface area contributed by atoms with Gasteiger partial charge in [-0.15, -0.1) is 0 Å². The number of imide groups is 1. The lowest BCUT2D eigenvalue weighted by Crippen LogP contribution is -2.59. The van der Waals surface area contributed by atoms with Crippen LogP contribution in [0.25, 0.3) is 0 Å². The van der Waals surface area contributed by atoms with Gasteiger partial charge < -0.3 is 14.8 Å². The van der Waals surface area contributed by atoms with Gasteiger partial charge in [-0.1, -0.05) is 33.1 Å². The highest BCUT2D eigenvalue weighted by Crippen LogP contribution is 2.34. The zero-order valence-electron chi connectivity index (χ0n) is 21.3. The Balaban J connectivity index is 1.32. The molecule has 2 heterocycles. The van der Waals surface area contributed by atoms with E-state index in [0.29, 0.717) is 44.2 Å². The molecule has 0 atom stereocenters. The molecule has 1 N–H and O–H groups in total. The van der Waals surface area contributed by atoms with Crippen LogP contribution in [0, 0.1) is 5.92 Å². The summed E-state index contributed by atoms with van der Waals surface area (Å²) < 4.78 is 10.7. The Bertz CT molecular complexity index is 995. The third-order valence-electron chi connectivity index (χ3n) is 7.55. The van der Waals surface area contributed by atoms with Gasteiger partial charge in [0, 0.05) is 31.7 Å². The van der Waals surface area contributed by atoms with E-state index in [0.717, 1.165) is 38.8 Å². The SMILES string of the molecule is CC(C)CCN1C(=O)c2ccc(C(=O)OCC(=O)NCC3(N4CCOCC4)CCCCC3)cc2C1=O. The fraction of sp³-hybridized carbons (Fsp3) is 0.630. The molecule has 9 nitrogen and oxygen atoms in total. The molecule has 0 aromatic heterocycles. The number of carbonyl (C=O) groups is 4. The van der Waals surface area contributed by atoms with E-state index < -0.39 is 18.5 Å². The Morgan fingerprint density at radius 1 is 1.06 bits per heavy atom. The molecule has 2 fully saturated rings. The summed E-state index contributed by atoms with van der Waals surface area (Å²) in [6.07, 6.45) is 6.25. The van der Waals surface area contributed by atoms with Crippen LogP contribution in [-0.2, 0) is 14.3 Å². The van der Waals surface area contributed by atoms with Gasteiger partial charge in [0.1, 0.15) is 0 Å². The first-order chi connectivity index (χ1) is 17.3. The maximum Gasteiger partial charge on any atom is 0.338 e. The number of hydrogen-bond donors (Lipinski definition) is 1. The van der Waals surface area contributed by atoms with E-state index in [1.54, 1.807) is 0 Å². The highest BCUT2D eigenvalue weighted by Gasteiger charge is 2.39. The number of nitrogens with zero attached hydrogens (tertiary/aromatic N) is 2. The van der Waals surface area contributed by atoms with E-state index in [4.69, 9.17) is 9.47 Å².